The Hall–Kier alpha value is -3.15. The highest BCUT2D eigenvalue weighted by molar-refractivity contribution is 5.47. The van der Waals surface area contributed by atoms with Crippen molar-refractivity contribution in [1.82, 2.24) is 0 Å². The summed E-state index contributed by atoms with van der Waals surface area (Å²) in [6.45, 7) is 2.17. The molecule has 0 unspecified atom stereocenters. The number of hydrogen-bond donors (Lipinski definition) is 2. The molecule has 3 aromatic rings. The molecule has 0 fully saturated rings. The van der Waals surface area contributed by atoms with Gasteiger partial charge in [-0.2, -0.15) is 0 Å². The van der Waals surface area contributed by atoms with Crippen LogP contribution in [0.1, 0.15) is 101 Å². The van der Waals surface area contributed by atoms with Crippen LogP contribution < -0.4 is 0 Å². The van der Waals surface area contributed by atoms with Gasteiger partial charge in [0, 0.05) is 4.91 Å². The summed E-state index contributed by atoms with van der Waals surface area (Å²) < 4.78 is 6.75. The second-order valence-electron chi connectivity index (χ2n) is 11.2. The number of ether oxygens (including phenoxy) is 1. The fourth-order valence-electron chi connectivity index (χ4n) is 5.69. The minimum absolute atomic E-state index is 0.0702. The van der Waals surface area contributed by atoms with Gasteiger partial charge in [0.25, 0.3) is 0 Å². The molecule has 0 saturated carbocycles. The molecule has 0 saturated heterocycles. The molecule has 0 bridgehead atoms. The van der Waals surface area contributed by atoms with Gasteiger partial charge in [0.2, 0.25) is 0 Å². The van der Waals surface area contributed by atoms with Crippen LogP contribution in [-0.4, -0.2) is 35.1 Å². The standard InChI is InChI=1S/C36H49N3O3/c1-2-3-4-5-6-7-8-9-10-11-21-28-34(40)35(41)33(38-39-37)29-42-36(30-22-15-12-16-23-30,31-24-17-13-18-25-31)32-26-19-14-20-27-32/h12-20,22-27,33-35,40-41H,2-11,21,28-29H2,1H3/t33-,34+,35-/m0/s1. The highest BCUT2D eigenvalue weighted by Gasteiger charge is 2.39. The van der Waals surface area contributed by atoms with E-state index >= 15 is 0 Å². The summed E-state index contributed by atoms with van der Waals surface area (Å²) in [5.74, 6) is 0. The molecule has 0 amide bonds. The lowest BCUT2D eigenvalue weighted by Gasteiger charge is -2.37. The Morgan fingerprint density at radius 2 is 1.07 bits per heavy atom. The fourth-order valence-corrected chi connectivity index (χ4v) is 5.69. The number of unbranched alkanes of at least 4 members (excludes halogenated alkanes) is 10. The van der Waals surface area contributed by atoms with Gasteiger partial charge in [0.15, 0.2) is 0 Å². The minimum atomic E-state index is -1.23. The van der Waals surface area contributed by atoms with E-state index in [0.29, 0.717) is 6.42 Å². The molecule has 0 aliphatic heterocycles. The van der Waals surface area contributed by atoms with Crippen molar-refractivity contribution in [3.05, 3.63) is 118 Å². The number of azide groups is 1. The molecule has 3 aromatic carbocycles. The van der Waals surface area contributed by atoms with Crippen LogP contribution in [0.25, 0.3) is 10.4 Å². The first-order valence-electron chi connectivity index (χ1n) is 15.8. The van der Waals surface area contributed by atoms with Crippen LogP contribution in [0.15, 0.2) is 96.1 Å². The topological polar surface area (TPSA) is 98.5 Å². The number of nitrogens with zero attached hydrogens (tertiary/aromatic N) is 3. The molecule has 6 heteroatoms. The van der Waals surface area contributed by atoms with E-state index in [-0.39, 0.29) is 6.61 Å². The average molecular weight is 572 g/mol. The third-order valence-electron chi connectivity index (χ3n) is 8.10. The smallest absolute Gasteiger partial charge is 0.143 e. The zero-order valence-corrected chi connectivity index (χ0v) is 25.2. The monoisotopic (exact) mass is 571 g/mol. The third kappa shape index (κ3) is 9.99. The van der Waals surface area contributed by atoms with Crippen LogP contribution in [0, 0.1) is 0 Å². The Bertz CT molecular complexity index is 1060. The van der Waals surface area contributed by atoms with E-state index < -0.39 is 23.9 Å². The van der Waals surface area contributed by atoms with Crippen molar-refractivity contribution in [2.45, 2.75) is 108 Å². The maximum atomic E-state index is 11.1. The second-order valence-corrected chi connectivity index (χ2v) is 11.2. The molecule has 226 valence electrons. The van der Waals surface area contributed by atoms with Crippen molar-refractivity contribution >= 4 is 0 Å². The number of rotatable bonds is 21. The highest BCUT2D eigenvalue weighted by atomic mass is 16.5. The molecule has 2 N–H and O–H groups in total. The summed E-state index contributed by atoms with van der Waals surface area (Å²) in [6, 6.07) is 28.8. The Morgan fingerprint density at radius 3 is 1.48 bits per heavy atom. The van der Waals surface area contributed by atoms with Gasteiger partial charge >= 0.3 is 0 Å². The lowest BCUT2D eigenvalue weighted by Crippen LogP contribution is -2.42. The van der Waals surface area contributed by atoms with Crippen molar-refractivity contribution in [3.63, 3.8) is 0 Å². The van der Waals surface area contributed by atoms with Crippen molar-refractivity contribution < 1.29 is 14.9 Å². The number of aliphatic hydroxyl groups is 2. The zero-order chi connectivity index (χ0) is 29.9. The summed E-state index contributed by atoms with van der Waals surface area (Å²) in [5, 5.41) is 25.8. The summed E-state index contributed by atoms with van der Waals surface area (Å²) in [6.07, 6.45) is 11.6. The van der Waals surface area contributed by atoms with Gasteiger partial charge in [-0.25, -0.2) is 0 Å². The van der Waals surface area contributed by atoms with Gasteiger partial charge in [-0.15, -0.1) is 0 Å². The minimum Gasteiger partial charge on any atom is -0.390 e. The van der Waals surface area contributed by atoms with E-state index in [1.54, 1.807) is 0 Å². The normalized spacial score (nSPS) is 13.7. The lowest BCUT2D eigenvalue weighted by molar-refractivity contribution is -0.0500. The first kappa shape index (κ1) is 33.4. The average Bonchev–Trinajstić information content (AvgIpc) is 3.04. The third-order valence-corrected chi connectivity index (χ3v) is 8.10. The molecule has 0 radical (unpaired) electrons. The quantitative estimate of drug-likeness (QED) is 0.0438. The molecular formula is C36H49N3O3. The molecule has 0 spiro atoms. The van der Waals surface area contributed by atoms with E-state index in [1.807, 2.05) is 91.0 Å². The van der Waals surface area contributed by atoms with E-state index in [4.69, 9.17) is 4.74 Å². The molecule has 6 nitrogen and oxygen atoms in total. The van der Waals surface area contributed by atoms with Gasteiger partial charge in [0.1, 0.15) is 5.60 Å². The van der Waals surface area contributed by atoms with Gasteiger partial charge in [-0.3, -0.25) is 0 Å². The van der Waals surface area contributed by atoms with Crippen LogP contribution in [0.5, 0.6) is 0 Å². The molecule has 0 heterocycles. The molecule has 0 aliphatic rings. The fraction of sp³-hybridized carbons (Fsp3) is 0.500. The Kier molecular flexibility index (Phi) is 15.2. The van der Waals surface area contributed by atoms with E-state index in [1.165, 1.54) is 51.4 Å². The Morgan fingerprint density at radius 1 is 0.667 bits per heavy atom. The first-order chi connectivity index (χ1) is 20.6. The summed E-state index contributed by atoms with van der Waals surface area (Å²) in [4.78, 5) is 2.99. The second kappa shape index (κ2) is 19.1. The molecule has 0 aromatic heterocycles. The summed E-state index contributed by atoms with van der Waals surface area (Å²) in [5.41, 5.74) is 11.1. The lowest BCUT2D eigenvalue weighted by atomic mass is 9.80. The maximum Gasteiger partial charge on any atom is 0.143 e. The predicted molar refractivity (Wildman–Crippen MR) is 171 cm³/mol. The van der Waals surface area contributed by atoms with Crippen LogP contribution in [-0.2, 0) is 10.3 Å². The summed E-state index contributed by atoms with van der Waals surface area (Å²) >= 11 is 0. The number of benzene rings is 3. The Labute approximate surface area is 252 Å². The highest BCUT2D eigenvalue weighted by Crippen LogP contribution is 2.40. The number of aliphatic hydroxyl groups excluding tert-OH is 2. The van der Waals surface area contributed by atoms with Crippen LogP contribution in [0.2, 0.25) is 0 Å². The van der Waals surface area contributed by atoms with E-state index in [0.717, 1.165) is 36.0 Å². The van der Waals surface area contributed by atoms with Gasteiger partial charge in [0.05, 0.1) is 24.9 Å². The predicted octanol–water partition coefficient (Wildman–Crippen LogP) is 9.10. The maximum absolute atomic E-state index is 11.1. The van der Waals surface area contributed by atoms with Gasteiger partial charge < -0.3 is 14.9 Å². The van der Waals surface area contributed by atoms with Crippen LogP contribution in [0.4, 0.5) is 0 Å². The molecular weight excluding hydrogens is 522 g/mol. The largest absolute Gasteiger partial charge is 0.390 e. The van der Waals surface area contributed by atoms with Crippen molar-refractivity contribution in [1.29, 1.82) is 0 Å². The Balaban J connectivity index is 1.64. The van der Waals surface area contributed by atoms with Gasteiger partial charge in [-0.1, -0.05) is 174 Å². The van der Waals surface area contributed by atoms with Gasteiger partial charge in [-0.05, 0) is 28.6 Å². The van der Waals surface area contributed by atoms with Crippen LogP contribution >= 0.6 is 0 Å². The number of hydrogen-bond acceptors (Lipinski definition) is 4. The van der Waals surface area contributed by atoms with Crippen molar-refractivity contribution in [2.24, 2.45) is 5.11 Å². The molecule has 3 rings (SSSR count). The zero-order valence-electron chi connectivity index (χ0n) is 25.2. The van der Waals surface area contributed by atoms with E-state index in [2.05, 4.69) is 16.9 Å². The van der Waals surface area contributed by atoms with Crippen LogP contribution in [0.3, 0.4) is 0 Å². The van der Waals surface area contributed by atoms with E-state index in [9.17, 15) is 15.7 Å². The van der Waals surface area contributed by atoms with Crippen molar-refractivity contribution in [2.75, 3.05) is 6.61 Å². The summed E-state index contributed by atoms with van der Waals surface area (Å²) in [7, 11) is 0. The van der Waals surface area contributed by atoms with Crippen molar-refractivity contribution in [3.8, 4) is 0 Å². The molecule has 0 aliphatic carbocycles. The molecule has 3 atom stereocenters. The molecule has 42 heavy (non-hydrogen) atoms. The SMILES string of the molecule is CCCCCCCCCCCCC[C@@H](O)[C@@H](O)[C@H](COC(c1ccccc1)(c1ccccc1)c1ccccc1)N=[N+]=[N-]. The first-order valence-corrected chi connectivity index (χ1v) is 15.8.